The number of benzene rings is 2. The molecule has 1 amide bonds. The summed E-state index contributed by atoms with van der Waals surface area (Å²) in [7, 11) is 0. The third kappa shape index (κ3) is 3.54. The zero-order valence-electron chi connectivity index (χ0n) is 18.3. The molecule has 6 heteroatoms. The van der Waals surface area contributed by atoms with E-state index in [4.69, 9.17) is 14.5 Å². The van der Waals surface area contributed by atoms with E-state index in [-0.39, 0.29) is 11.3 Å². The number of rotatable bonds is 4. The summed E-state index contributed by atoms with van der Waals surface area (Å²) in [6, 6.07) is 12.6. The molecule has 1 aromatic heterocycles. The average molecular weight is 449 g/mol. The summed E-state index contributed by atoms with van der Waals surface area (Å²) in [6.45, 7) is 2.71. The van der Waals surface area contributed by atoms with Gasteiger partial charge in [0.05, 0.1) is 15.2 Å². The van der Waals surface area contributed by atoms with Crippen molar-refractivity contribution in [1.82, 2.24) is 9.88 Å². The fraction of sp³-hybridized carbons (Fsp3) is 0.462. The van der Waals surface area contributed by atoms with Crippen LogP contribution >= 0.6 is 11.3 Å². The molecule has 0 atom stereocenters. The molecular formula is C26H28N2O3S. The highest BCUT2D eigenvalue weighted by molar-refractivity contribution is 7.18. The molecule has 3 aromatic rings. The predicted octanol–water partition coefficient (Wildman–Crippen LogP) is 5.24. The third-order valence-corrected chi connectivity index (χ3v) is 8.32. The number of carbonyl (C=O) groups is 1. The highest BCUT2D eigenvalue weighted by atomic mass is 32.1. The van der Waals surface area contributed by atoms with Crippen molar-refractivity contribution in [3.05, 3.63) is 52.5 Å². The van der Waals surface area contributed by atoms with E-state index in [0.717, 1.165) is 54.3 Å². The van der Waals surface area contributed by atoms with E-state index in [9.17, 15) is 4.79 Å². The molecule has 1 spiro atoms. The van der Waals surface area contributed by atoms with Gasteiger partial charge in [-0.2, -0.15) is 0 Å². The lowest BCUT2D eigenvalue weighted by Crippen LogP contribution is -2.46. The van der Waals surface area contributed by atoms with Crippen molar-refractivity contribution in [3.8, 4) is 11.5 Å². The summed E-state index contributed by atoms with van der Waals surface area (Å²) in [6.07, 6.45) is 7.03. The lowest BCUT2D eigenvalue weighted by Gasteiger charge is -2.43. The van der Waals surface area contributed by atoms with E-state index >= 15 is 0 Å². The predicted molar refractivity (Wildman–Crippen MR) is 126 cm³/mol. The number of aromatic nitrogens is 1. The number of amides is 1. The Morgan fingerprint density at radius 3 is 2.69 bits per heavy atom. The van der Waals surface area contributed by atoms with Crippen LogP contribution in [0.5, 0.6) is 11.5 Å². The second kappa shape index (κ2) is 8.07. The van der Waals surface area contributed by atoms with E-state index in [1.807, 2.05) is 6.07 Å². The van der Waals surface area contributed by atoms with E-state index in [0.29, 0.717) is 26.2 Å². The largest absolute Gasteiger partial charge is 0.486 e. The van der Waals surface area contributed by atoms with Gasteiger partial charge < -0.3 is 14.4 Å². The summed E-state index contributed by atoms with van der Waals surface area (Å²) in [5, 5.41) is 1.12. The maximum atomic E-state index is 13.3. The van der Waals surface area contributed by atoms with Gasteiger partial charge in [-0.05, 0) is 61.1 Å². The van der Waals surface area contributed by atoms with Crippen LogP contribution in [0.1, 0.15) is 54.7 Å². The molecule has 2 aliphatic heterocycles. The highest BCUT2D eigenvalue weighted by Gasteiger charge is 2.43. The standard InChI is InChI=1S/C26H28N2O3S/c29-25(9-5-8-24-27-20-6-1-2-7-23(20)32-24)28-16-18-14-21-22(31-13-12-30-21)15-19(18)26(17-28)10-3-4-11-26/h1-2,6-7,14-15H,3-5,8-13,16-17H2. The molecule has 0 unspecified atom stereocenters. The molecule has 0 radical (unpaired) electrons. The molecule has 5 nitrogen and oxygen atoms in total. The van der Waals surface area contributed by atoms with Gasteiger partial charge in [0.25, 0.3) is 0 Å². The number of thiazole rings is 1. The lowest BCUT2D eigenvalue weighted by atomic mass is 9.73. The minimum atomic E-state index is 0.0755. The molecular weight excluding hydrogens is 420 g/mol. The monoisotopic (exact) mass is 448 g/mol. The number of aryl methyl sites for hydroxylation is 1. The number of para-hydroxylation sites is 1. The topological polar surface area (TPSA) is 51.7 Å². The van der Waals surface area contributed by atoms with Crippen molar-refractivity contribution < 1.29 is 14.3 Å². The number of ether oxygens (including phenoxy) is 2. The van der Waals surface area contributed by atoms with Gasteiger partial charge in [0, 0.05) is 24.9 Å². The number of nitrogens with zero attached hydrogens (tertiary/aromatic N) is 2. The van der Waals surface area contributed by atoms with Crippen LogP contribution in [0, 0.1) is 0 Å². The minimum absolute atomic E-state index is 0.0755. The molecule has 166 valence electrons. The maximum absolute atomic E-state index is 13.3. The van der Waals surface area contributed by atoms with E-state index in [1.54, 1.807) is 11.3 Å². The lowest BCUT2D eigenvalue weighted by molar-refractivity contribution is -0.133. The number of hydrogen-bond donors (Lipinski definition) is 0. The SMILES string of the molecule is O=C(CCCc1nc2ccccc2s1)N1Cc2cc3c(cc2C2(CCCC2)C1)OCCO3. The van der Waals surface area contributed by atoms with Crippen LogP contribution in [0.15, 0.2) is 36.4 Å². The van der Waals surface area contributed by atoms with Crippen molar-refractivity contribution in [1.29, 1.82) is 0 Å². The van der Waals surface area contributed by atoms with Gasteiger partial charge >= 0.3 is 0 Å². The van der Waals surface area contributed by atoms with Crippen LogP contribution in [-0.4, -0.2) is 35.5 Å². The summed E-state index contributed by atoms with van der Waals surface area (Å²) in [5.74, 6) is 1.96. The van der Waals surface area contributed by atoms with Gasteiger partial charge in [-0.25, -0.2) is 4.98 Å². The molecule has 32 heavy (non-hydrogen) atoms. The van der Waals surface area contributed by atoms with Gasteiger partial charge in [0.2, 0.25) is 5.91 Å². The Hall–Kier alpha value is -2.60. The van der Waals surface area contributed by atoms with E-state index in [1.165, 1.54) is 28.7 Å². The van der Waals surface area contributed by atoms with Crippen molar-refractivity contribution in [2.45, 2.75) is 56.9 Å². The van der Waals surface area contributed by atoms with Gasteiger partial charge in [-0.3, -0.25) is 4.79 Å². The molecule has 3 aliphatic rings. The van der Waals surface area contributed by atoms with Crippen LogP contribution in [0.4, 0.5) is 0 Å². The Bertz CT molecular complexity index is 1130. The Morgan fingerprint density at radius 2 is 1.88 bits per heavy atom. The van der Waals surface area contributed by atoms with Crippen molar-refractivity contribution >= 4 is 27.5 Å². The maximum Gasteiger partial charge on any atom is 0.222 e. The van der Waals surface area contributed by atoms with Crippen LogP contribution < -0.4 is 9.47 Å². The Morgan fingerprint density at radius 1 is 1.09 bits per heavy atom. The molecule has 6 rings (SSSR count). The molecule has 1 aliphatic carbocycles. The highest BCUT2D eigenvalue weighted by Crippen LogP contribution is 2.49. The second-order valence-corrected chi connectivity index (χ2v) is 10.4. The number of carbonyl (C=O) groups excluding carboxylic acids is 1. The molecule has 2 aromatic carbocycles. The normalized spacial score (nSPS) is 18.8. The van der Waals surface area contributed by atoms with Gasteiger partial charge in [-0.15, -0.1) is 11.3 Å². The first-order chi connectivity index (χ1) is 15.7. The van der Waals surface area contributed by atoms with Crippen molar-refractivity contribution in [3.63, 3.8) is 0 Å². The van der Waals surface area contributed by atoms with Gasteiger partial charge in [0.1, 0.15) is 13.2 Å². The second-order valence-electron chi connectivity index (χ2n) is 9.32. The van der Waals surface area contributed by atoms with Crippen LogP contribution in [0.25, 0.3) is 10.2 Å². The quantitative estimate of drug-likeness (QED) is 0.547. The van der Waals surface area contributed by atoms with E-state index in [2.05, 4.69) is 35.2 Å². The van der Waals surface area contributed by atoms with Gasteiger partial charge in [0.15, 0.2) is 11.5 Å². The van der Waals surface area contributed by atoms with Crippen LogP contribution in [-0.2, 0) is 23.2 Å². The van der Waals surface area contributed by atoms with Crippen molar-refractivity contribution in [2.75, 3.05) is 19.8 Å². The molecule has 3 heterocycles. The van der Waals surface area contributed by atoms with Gasteiger partial charge in [-0.1, -0.05) is 25.0 Å². The Balaban J connectivity index is 1.18. The van der Waals surface area contributed by atoms with Crippen LogP contribution in [0.3, 0.4) is 0 Å². The molecule has 0 saturated heterocycles. The third-order valence-electron chi connectivity index (χ3n) is 7.23. The zero-order chi connectivity index (χ0) is 21.5. The first-order valence-corrected chi connectivity index (χ1v) is 12.6. The molecule has 0 N–H and O–H groups in total. The number of fused-ring (bicyclic) bond motifs is 4. The smallest absolute Gasteiger partial charge is 0.222 e. The number of hydrogen-bond acceptors (Lipinski definition) is 5. The fourth-order valence-electron chi connectivity index (χ4n) is 5.70. The first-order valence-electron chi connectivity index (χ1n) is 11.8. The molecule has 1 fully saturated rings. The molecule has 0 bridgehead atoms. The van der Waals surface area contributed by atoms with Crippen molar-refractivity contribution in [2.24, 2.45) is 0 Å². The average Bonchev–Trinajstić information content (AvgIpc) is 3.45. The zero-order valence-corrected chi connectivity index (χ0v) is 19.1. The first kappa shape index (κ1) is 20.0. The summed E-state index contributed by atoms with van der Waals surface area (Å²) in [4.78, 5) is 20.1. The summed E-state index contributed by atoms with van der Waals surface area (Å²) in [5.41, 5.74) is 3.76. The molecule has 1 saturated carbocycles. The van der Waals surface area contributed by atoms with Crippen LogP contribution in [0.2, 0.25) is 0 Å². The summed E-state index contributed by atoms with van der Waals surface area (Å²) < 4.78 is 12.9. The Labute approximate surface area is 192 Å². The summed E-state index contributed by atoms with van der Waals surface area (Å²) >= 11 is 1.74. The fourth-order valence-corrected chi connectivity index (χ4v) is 6.71. The van der Waals surface area contributed by atoms with E-state index < -0.39 is 0 Å². The minimum Gasteiger partial charge on any atom is -0.486 e. The Kier molecular flexibility index (Phi) is 5.05.